The Bertz CT molecular complexity index is 709. The van der Waals surface area contributed by atoms with Gasteiger partial charge in [0, 0.05) is 38.4 Å². The molecule has 0 saturated carbocycles. The summed E-state index contributed by atoms with van der Waals surface area (Å²) in [5.41, 5.74) is 1.27. The number of aromatic nitrogens is 2. The van der Waals surface area contributed by atoms with Gasteiger partial charge in [0.05, 0.1) is 7.11 Å². The van der Waals surface area contributed by atoms with Gasteiger partial charge in [-0.1, -0.05) is 23.2 Å². The van der Waals surface area contributed by atoms with Gasteiger partial charge in [-0.25, -0.2) is 4.98 Å². The van der Waals surface area contributed by atoms with Gasteiger partial charge in [0.15, 0.2) is 5.15 Å². The molecule has 1 aliphatic rings. The lowest BCUT2D eigenvalue weighted by atomic mass is 10.2. The molecule has 142 valence electrons. The van der Waals surface area contributed by atoms with Crippen molar-refractivity contribution in [1.29, 1.82) is 0 Å². The van der Waals surface area contributed by atoms with Crippen molar-refractivity contribution in [3.63, 3.8) is 0 Å². The van der Waals surface area contributed by atoms with Gasteiger partial charge in [-0.15, -0.1) is 0 Å². The van der Waals surface area contributed by atoms with Crippen molar-refractivity contribution in [2.24, 2.45) is 0 Å². The molecule has 1 fully saturated rings. The molecule has 1 aliphatic heterocycles. The van der Waals surface area contributed by atoms with E-state index >= 15 is 0 Å². The summed E-state index contributed by atoms with van der Waals surface area (Å²) in [6, 6.07) is 8.32. The van der Waals surface area contributed by atoms with Gasteiger partial charge < -0.3 is 14.2 Å². The van der Waals surface area contributed by atoms with Gasteiger partial charge in [0.25, 0.3) is 0 Å². The lowest BCUT2D eigenvalue weighted by molar-refractivity contribution is 0.251. The third kappa shape index (κ3) is 4.64. The number of piperazine rings is 1. The number of aryl methyl sites for hydroxylation is 1. The Labute approximate surface area is 165 Å². The molecule has 0 radical (unpaired) electrons. The molecule has 2 heterocycles. The number of rotatable bonds is 7. The first-order chi connectivity index (χ1) is 12.6. The highest BCUT2D eigenvalue weighted by Crippen LogP contribution is 2.23. The highest BCUT2D eigenvalue weighted by molar-refractivity contribution is 6.40. The smallest absolute Gasteiger partial charge is 0.166 e. The van der Waals surface area contributed by atoms with Crippen molar-refractivity contribution < 1.29 is 4.74 Å². The average Bonchev–Trinajstić information content (AvgIpc) is 2.91. The number of unbranched alkanes of at least 4 members (excludes halogenated alkanes) is 1. The number of hydrogen-bond acceptors (Lipinski definition) is 4. The van der Waals surface area contributed by atoms with Crippen LogP contribution in [0, 0.1) is 6.92 Å². The number of halogens is 2. The number of nitrogens with zero attached hydrogens (tertiary/aromatic N) is 4. The van der Waals surface area contributed by atoms with Crippen LogP contribution in [0.25, 0.3) is 0 Å². The normalized spacial score (nSPS) is 15.5. The minimum Gasteiger partial charge on any atom is -0.497 e. The molecular formula is C19H26Cl2N4O. The summed E-state index contributed by atoms with van der Waals surface area (Å²) < 4.78 is 7.22. The number of anilines is 1. The maximum atomic E-state index is 6.18. The van der Waals surface area contributed by atoms with Crippen LogP contribution in [0.1, 0.15) is 18.7 Å². The van der Waals surface area contributed by atoms with Crippen LogP contribution >= 0.6 is 23.2 Å². The quantitative estimate of drug-likeness (QED) is 0.659. The molecule has 0 atom stereocenters. The fourth-order valence-electron chi connectivity index (χ4n) is 3.39. The lowest BCUT2D eigenvalue weighted by Gasteiger charge is -2.36. The largest absolute Gasteiger partial charge is 0.497 e. The monoisotopic (exact) mass is 396 g/mol. The zero-order valence-electron chi connectivity index (χ0n) is 15.4. The van der Waals surface area contributed by atoms with Gasteiger partial charge in [-0.2, -0.15) is 0 Å². The fraction of sp³-hybridized carbons (Fsp3) is 0.526. The van der Waals surface area contributed by atoms with E-state index in [4.69, 9.17) is 27.9 Å². The van der Waals surface area contributed by atoms with Gasteiger partial charge in [0.1, 0.15) is 16.7 Å². The van der Waals surface area contributed by atoms with E-state index in [1.54, 1.807) is 7.11 Å². The molecule has 0 N–H and O–H groups in total. The Hall–Kier alpha value is -1.43. The zero-order valence-corrected chi connectivity index (χ0v) is 16.9. The van der Waals surface area contributed by atoms with Gasteiger partial charge >= 0.3 is 0 Å². The van der Waals surface area contributed by atoms with Crippen LogP contribution in [0.2, 0.25) is 10.3 Å². The summed E-state index contributed by atoms with van der Waals surface area (Å²) in [5, 5.41) is 0.955. The molecule has 0 amide bonds. The first-order valence-corrected chi connectivity index (χ1v) is 9.83. The second kappa shape index (κ2) is 8.98. The van der Waals surface area contributed by atoms with Crippen molar-refractivity contribution in [3.8, 4) is 5.75 Å². The third-order valence-electron chi connectivity index (χ3n) is 4.97. The Morgan fingerprint density at radius 2 is 1.65 bits per heavy atom. The molecule has 0 aliphatic carbocycles. The summed E-state index contributed by atoms with van der Waals surface area (Å²) in [6.07, 6.45) is 2.22. The third-order valence-corrected chi connectivity index (χ3v) is 5.72. The van der Waals surface area contributed by atoms with E-state index in [0.717, 1.165) is 63.7 Å². The number of methoxy groups -OCH3 is 1. The van der Waals surface area contributed by atoms with Crippen molar-refractivity contribution in [3.05, 3.63) is 40.4 Å². The topological polar surface area (TPSA) is 33.5 Å². The Balaban J connectivity index is 1.38. The second-order valence-electron chi connectivity index (χ2n) is 6.63. The van der Waals surface area contributed by atoms with Gasteiger partial charge in [-0.05, 0) is 50.6 Å². The van der Waals surface area contributed by atoms with Crippen LogP contribution in [-0.2, 0) is 6.54 Å². The summed E-state index contributed by atoms with van der Waals surface area (Å²) in [5.74, 6) is 1.79. The number of imidazole rings is 1. The number of benzene rings is 1. The zero-order chi connectivity index (χ0) is 18.5. The maximum absolute atomic E-state index is 6.18. The molecule has 5 nitrogen and oxygen atoms in total. The van der Waals surface area contributed by atoms with Crippen LogP contribution < -0.4 is 9.64 Å². The van der Waals surface area contributed by atoms with Crippen LogP contribution in [0.3, 0.4) is 0 Å². The molecule has 26 heavy (non-hydrogen) atoms. The molecule has 1 aromatic carbocycles. The second-order valence-corrected chi connectivity index (χ2v) is 7.34. The first-order valence-electron chi connectivity index (χ1n) is 9.08. The fourth-order valence-corrected chi connectivity index (χ4v) is 3.86. The molecule has 3 rings (SSSR count). The average molecular weight is 397 g/mol. The lowest BCUT2D eigenvalue weighted by Crippen LogP contribution is -2.46. The standard InChI is InChI=1S/C19H26Cl2N4O/c1-15-22-18(20)19(21)25(15)10-4-3-9-23-11-13-24(14-12-23)16-5-7-17(26-2)8-6-16/h5-8H,3-4,9-14H2,1-2H3. The molecule has 1 saturated heterocycles. The van der Waals surface area contributed by atoms with Crippen molar-refractivity contribution >= 4 is 28.9 Å². The van der Waals surface area contributed by atoms with E-state index in [0.29, 0.717) is 10.3 Å². The Morgan fingerprint density at radius 3 is 2.23 bits per heavy atom. The van der Waals surface area contributed by atoms with E-state index in [1.807, 2.05) is 23.6 Å². The number of hydrogen-bond donors (Lipinski definition) is 0. The highest BCUT2D eigenvalue weighted by atomic mass is 35.5. The van der Waals surface area contributed by atoms with E-state index in [-0.39, 0.29) is 0 Å². The van der Waals surface area contributed by atoms with E-state index in [2.05, 4.69) is 26.9 Å². The first kappa shape index (κ1) is 19.3. The van der Waals surface area contributed by atoms with E-state index in [9.17, 15) is 0 Å². The van der Waals surface area contributed by atoms with Crippen LogP contribution in [-0.4, -0.2) is 54.3 Å². The molecular weight excluding hydrogens is 371 g/mol. The van der Waals surface area contributed by atoms with Crippen LogP contribution in [0.15, 0.2) is 24.3 Å². The maximum Gasteiger partial charge on any atom is 0.166 e. The Morgan fingerprint density at radius 1 is 1.00 bits per heavy atom. The van der Waals surface area contributed by atoms with Crippen molar-refractivity contribution in [2.45, 2.75) is 26.3 Å². The minimum atomic E-state index is 0.402. The summed E-state index contributed by atoms with van der Waals surface area (Å²) in [6.45, 7) is 8.26. The summed E-state index contributed by atoms with van der Waals surface area (Å²) in [7, 11) is 1.70. The Kier molecular flexibility index (Phi) is 6.68. The van der Waals surface area contributed by atoms with Crippen molar-refractivity contribution in [2.75, 3.05) is 44.7 Å². The van der Waals surface area contributed by atoms with Gasteiger partial charge in [-0.3, -0.25) is 4.90 Å². The minimum absolute atomic E-state index is 0.402. The van der Waals surface area contributed by atoms with Gasteiger partial charge in [0.2, 0.25) is 0 Å². The summed E-state index contributed by atoms with van der Waals surface area (Å²) in [4.78, 5) is 9.17. The molecule has 2 aromatic rings. The van der Waals surface area contributed by atoms with E-state index in [1.165, 1.54) is 5.69 Å². The molecule has 0 bridgehead atoms. The summed E-state index contributed by atoms with van der Waals surface area (Å²) >= 11 is 12.1. The SMILES string of the molecule is COc1ccc(N2CCN(CCCCn3c(C)nc(Cl)c3Cl)CC2)cc1. The predicted molar refractivity (Wildman–Crippen MR) is 108 cm³/mol. The van der Waals surface area contributed by atoms with Crippen molar-refractivity contribution in [1.82, 2.24) is 14.5 Å². The van der Waals surface area contributed by atoms with Crippen LogP contribution in [0.4, 0.5) is 5.69 Å². The molecule has 0 spiro atoms. The van der Waals surface area contributed by atoms with E-state index < -0.39 is 0 Å². The highest BCUT2D eigenvalue weighted by Gasteiger charge is 2.17. The molecule has 1 aromatic heterocycles. The molecule has 7 heteroatoms. The number of ether oxygens (including phenoxy) is 1. The van der Waals surface area contributed by atoms with Crippen LogP contribution in [0.5, 0.6) is 5.75 Å². The molecule has 0 unspecified atom stereocenters. The predicted octanol–water partition coefficient (Wildman–Crippen LogP) is 4.11.